The van der Waals surface area contributed by atoms with Crippen molar-refractivity contribution in [2.75, 3.05) is 0 Å². The molecule has 6 nitrogen and oxygen atoms in total. The average molecular weight is 377 g/mol. The van der Waals surface area contributed by atoms with Gasteiger partial charge in [0.2, 0.25) is 0 Å². The summed E-state index contributed by atoms with van der Waals surface area (Å²) in [6.45, 7) is 10.0. The fourth-order valence-corrected chi connectivity index (χ4v) is 3.89. The van der Waals surface area contributed by atoms with E-state index in [9.17, 15) is 0 Å². The van der Waals surface area contributed by atoms with Gasteiger partial charge in [0.05, 0.1) is 0 Å². The summed E-state index contributed by atoms with van der Waals surface area (Å²) in [6, 6.07) is 10.9. The van der Waals surface area contributed by atoms with Gasteiger partial charge in [-0.3, -0.25) is 0 Å². The first kappa shape index (κ1) is 23.6. The normalized spacial score (nSPS) is 19.6. The maximum Gasteiger partial charge on any atom is 0.287 e. The molecule has 28 heavy (non-hydrogen) atoms. The Balaban J connectivity index is 0.000000237. The van der Waals surface area contributed by atoms with E-state index in [2.05, 4.69) is 88.9 Å². The molecule has 2 saturated heterocycles. The van der Waals surface area contributed by atoms with Gasteiger partial charge in [-0.15, -0.1) is 0 Å². The molecule has 0 radical (unpaired) electrons. The van der Waals surface area contributed by atoms with Crippen LogP contribution >= 0.6 is 0 Å². The van der Waals surface area contributed by atoms with Gasteiger partial charge in [0.15, 0.2) is 0 Å². The largest absolute Gasteiger partial charge is 0.378 e. The molecular formula is C16H36B6N6. The lowest BCUT2D eigenvalue weighted by Crippen LogP contribution is -2.64. The highest BCUT2D eigenvalue weighted by Gasteiger charge is 2.27. The highest BCUT2D eigenvalue weighted by molar-refractivity contribution is 6.76. The summed E-state index contributed by atoms with van der Waals surface area (Å²) >= 11 is 0. The van der Waals surface area contributed by atoms with Crippen molar-refractivity contribution in [3.05, 3.63) is 35.9 Å². The minimum absolute atomic E-state index is 0.434. The molecule has 3 rings (SSSR count). The predicted molar refractivity (Wildman–Crippen MR) is 132 cm³/mol. The Hall–Kier alpha value is -0.630. The molecule has 0 aliphatic carbocycles. The zero-order chi connectivity index (χ0) is 20.2. The Morgan fingerprint density at radius 1 is 0.750 bits per heavy atom. The van der Waals surface area contributed by atoms with E-state index in [0.717, 1.165) is 36.0 Å². The number of hydrogen-bond donors (Lipinski definition) is 6. The van der Waals surface area contributed by atoms with Gasteiger partial charge in [0.1, 0.15) is 0 Å². The van der Waals surface area contributed by atoms with Crippen LogP contribution in [0, 0.1) is 0 Å². The van der Waals surface area contributed by atoms with Gasteiger partial charge in [0, 0.05) is 0 Å². The van der Waals surface area contributed by atoms with E-state index in [1.807, 2.05) is 0 Å². The summed E-state index contributed by atoms with van der Waals surface area (Å²) < 4.78 is 0. The van der Waals surface area contributed by atoms with Gasteiger partial charge in [-0.25, -0.2) is 0 Å². The summed E-state index contributed by atoms with van der Waals surface area (Å²) in [5.74, 6) is 2.03. The summed E-state index contributed by atoms with van der Waals surface area (Å²) in [4.78, 5) is 0. The SMILES string of the molecule is CCC(C)B1NBNBN1.CCC(CC(C)B1NBNBN1)c1ccccc1. The van der Waals surface area contributed by atoms with Gasteiger partial charge >= 0.3 is 0 Å². The van der Waals surface area contributed by atoms with E-state index in [1.165, 1.54) is 24.8 Å². The zero-order valence-electron chi connectivity index (χ0n) is 18.2. The van der Waals surface area contributed by atoms with Crippen LogP contribution in [0.1, 0.15) is 58.4 Å². The van der Waals surface area contributed by atoms with Gasteiger partial charge < -0.3 is 30.8 Å². The van der Waals surface area contributed by atoms with Crippen LogP contribution in [-0.4, -0.2) is 44.2 Å². The Morgan fingerprint density at radius 2 is 1.25 bits per heavy atom. The van der Waals surface area contributed by atoms with E-state index in [-0.39, 0.29) is 0 Å². The van der Waals surface area contributed by atoms with Crippen molar-refractivity contribution in [3.63, 3.8) is 0 Å². The molecule has 3 atom stereocenters. The molecule has 2 fully saturated rings. The van der Waals surface area contributed by atoms with Crippen molar-refractivity contribution >= 4 is 44.2 Å². The lowest BCUT2D eigenvalue weighted by molar-refractivity contribution is 0.585. The van der Waals surface area contributed by atoms with Crippen molar-refractivity contribution in [2.24, 2.45) is 0 Å². The van der Waals surface area contributed by atoms with E-state index in [0.29, 0.717) is 25.7 Å². The predicted octanol–water partition coefficient (Wildman–Crippen LogP) is -0.646. The van der Waals surface area contributed by atoms with Crippen LogP contribution in [0.4, 0.5) is 0 Å². The first-order valence-electron chi connectivity index (χ1n) is 11.1. The Kier molecular flexibility index (Phi) is 11.5. The molecule has 0 bridgehead atoms. The lowest BCUT2D eigenvalue weighted by atomic mass is 9.54. The molecule has 1 aromatic carbocycles. The van der Waals surface area contributed by atoms with Crippen LogP contribution in [0.2, 0.25) is 11.6 Å². The molecule has 2 heterocycles. The number of nitrogens with one attached hydrogen (secondary N) is 6. The minimum Gasteiger partial charge on any atom is -0.378 e. The quantitative estimate of drug-likeness (QED) is 0.355. The molecule has 148 valence electrons. The van der Waals surface area contributed by atoms with Gasteiger partial charge in [-0.2, -0.15) is 0 Å². The monoisotopic (exact) mass is 378 g/mol. The molecule has 1 aromatic rings. The van der Waals surface area contributed by atoms with Crippen LogP contribution in [0.15, 0.2) is 30.3 Å². The van der Waals surface area contributed by atoms with Crippen LogP contribution in [0.25, 0.3) is 0 Å². The zero-order valence-corrected chi connectivity index (χ0v) is 18.2. The highest BCUT2D eigenvalue weighted by Crippen LogP contribution is 2.29. The summed E-state index contributed by atoms with van der Waals surface area (Å²) in [5, 5.41) is 20.1. The Bertz CT molecular complexity index is 518. The van der Waals surface area contributed by atoms with E-state index in [1.54, 1.807) is 0 Å². The molecular weight excluding hydrogens is 341 g/mol. The molecule has 3 unspecified atom stereocenters. The second-order valence-electron chi connectivity index (χ2n) is 8.09. The van der Waals surface area contributed by atoms with Crippen LogP contribution in [0.3, 0.4) is 0 Å². The van der Waals surface area contributed by atoms with Crippen molar-refractivity contribution in [1.29, 1.82) is 0 Å². The van der Waals surface area contributed by atoms with Crippen LogP contribution < -0.4 is 30.8 Å². The van der Waals surface area contributed by atoms with E-state index in [4.69, 9.17) is 0 Å². The molecule has 0 amide bonds. The third-order valence-corrected chi connectivity index (χ3v) is 5.99. The van der Waals surface area contributed by atoms with Crippen LogP contribution in [0.5, 0.6) is 0 Å². The highest BCUT2D eigenvalue weighted by atomic mass is 15.0. The number of benzene rings is 1. The summed E-state index contributed by atoms with van der Waals surface area (Å²) in [5.41, 5.74) is 1.47. The van der Waals surface area contributed by atoms with Crippen molar-refractivity contribution in [3.8, 4) is 0 Å². The summed E-state index contributed by atoms with van der Waals surface area (Å²) in [7, 11) is 3.68. The van der Waals surface area contributed by atoms with E-state index < -0.39 is 0 Å². The standard InChI is InChI=1S/C12H22B3N3.C4H14B3N3/c1-3-11(12-7-5-4-6-8-12)9-10(2)15-17-13-16-14-18-15;1-3-4(2)7-9-5-8-6-10-7/h4-8,10-11,13-14,16-18H,3,9H2,1-2H3;4-6,8-10H,3H2,1-2H3. The number of hydrogen-bond acceptors (Lipinski definition) is 6. The number of rotatable bonds is 7. The molecule has 0 aromatic heterocycles. The fourth-order valence-electron chi connectivity index (χ4n) is 3.89. The fraction of sp³-hybridized carbons (Fsp3) is 0.625. The van der Waals surface area contributed by atoms with Crippen LogP contribution in [-0.2, 0) is 0 Å². The van der Waals surface area contributed by atoms with Gasteiger partial charge in [-0.1, -0.05) is 64.4 Å². The second kappa shape index (κ2) is 13.6. The van der Waals surface area contributed by atoms with Crippen molar-refractivity contribution < 1.29 is 0 Å². The molecule has 2 aliphatic heterocycles. The third kappa shape index (κ3) is 8.01. The molecule has 2 aliphatic rings. The molecule has 0 saturated carbocycles. The minimum atomic E-state index is 0.434. The molecule has 12 heteroatoms. The maximum absolute atomic E-state index is 3.48. The third-order valence-electron chi connectivity index (χ3n) is 5.99. The maximum atomic E-state index is 3.48. The first-order valence-corrected chi connectivity index (χ1v) is 11.1. The topological polar surface area (TPSA) is 72.2 Å². The van der Waals surface area contributed by atoms with Crippen molar-refractivity contribution in [1.82, 2.24) is 30.8 Å². The first-order chi connectivity index (χ1) is 13.7. The smallest absolute Gasteiger partial charge is 0.287 e. The Labute approximate surface area is 175 Å². The lowest BCUT2D eigenvalue weighted by Gasteiger charge is -2.29. The van der Waals surface area contributed by atoms with E-state index >= 15 is 0 Å². The van der Waals surface area contributed by atoms with Crippen molar-refractivity contribution in [2.45, 2.75) is 64.5 Å². The molecule has 0 spiro atoms. The Morgan fingerprint density at radius 3 is 1.71 bits per heavy atom. The molecule has 6 N–H and O–H groups in total. The van der Waals surface area contributed by atoms with Gasteiger partial charge in [0.25, 0.3) is 44.2 Å². The van der Waals surface area contributed by atoms with Gasteiger partial charge in [-0.05, 0) is 36.0 Å². The summed E-state index contributed by atoms with van der Waals surface area (Å²) in [6.07, 6.45) is 3.66. The second-order valence-corrected chi connectivity index (χ2v) is 8.09. The average Bonchev–Trinajstić information content (AvgIpc) is 2.79.